The summed E-state index contributed by atoms with van der Waals surface area (Å²) in [6.45, 7) is 6.14. The molecule has 18 heavy (non-hydrogen) atoms. The average molecular weight is 251 g/mol. The van der Waals surface area contributed by atoms with Crippen molar-refractivity contribution < 1.29 is 9.32 Å². The van der Waals surface area contributed by atoms with Crippen molar-refractivity contribution in [3.8, 4) is 0 Å². The normalized spacial score (nSPS) is 27.4. The molecule has 3 N–H and O–H groups in total. The summed E-state index contributed by atoms with van der Waals surface area (Å²) in [5.41, 5.74) is 7.38. The second kappa shape index (κ2) is 4.72. The molecule has 0 spiro atoms. The zero-order chi connectivity index (χ0) is 13.3. The number of carbonyl (C=O) groups is 1. The maximum Gasteiger partial charge on any atom is 0.227 e. The molecule has 1 aromatic rings. The van der Waals surface area contributed by atoms with E-state index >= 15 is 0 Å². The quantitative estimate of drug-likeness (QED) is 0.851. The molecule has 2 atom stereocenters. The van der Waals surface area contributed by atoms with Crippen molar-refractivity contribution in [2.24, 2.45) is 11.1 Å². The first-order chi connectivity index (χ1) is 8.45. The molecular weight excluding hydrogens is 230 g/mol. The third-order valence-corrected chi connectivity index (χ3v) is 4.16. The Hall–Kier alpha value is -1.36. The van der Waals surface area contributed by atoms with E-state index in [1.165, 1.54) is 0 Å². The molecule has 1 heterocycles. The average Bonchev–Trinajstić information content (AvgIpc) is 2.83. The van der Waals surface area contributed by atoms with Gasteiger partial charge in [-0.2, -0.15) is 0 Å². The standard InChI is InChI=1S/C13H21N3O2/c1-8-10(9(2)18-16-8)7-15-12(17)13(3)6-4-5-11(13)14/h11H,4-7,14H2,1-3H3,(H,15,17). The van der Waals surface area contributed by atoms with Crippen LogP contribution in [-0.4, -0.2) is 17.1 Å². The first-order valence-corrected chi connectivity index (χ1v) is 6.41. The lowest BCUT2D eigenvalue weighted by atomic mass is 9.84. The highest BCUT2D eigenvalue weighted by Gasteiger charge is 2.42. The van der Waals surface area contributed by atoms with E-state index in [9.17, 15) is 4.79 Å². The van der Waals surface area contributed by atoms with E-state index < -0.39 is 5.41 Å². The monoisotopic (exact) mass is 251 g/mol. The van der Waals surface area contributed by atoms with Crippen molar-refractivity contribution in [2.75, 3.05) is 0 Å². The molecule has 1 fully saturated rings. The molecule has 1 aliphatic rings. The van der Waals surface area contributed by atoms with Crippen LogP contribution in [0.4, 0.5) is 0 Å². The maximum atomic E-state index is 12.3. The number of hydrogen-bond donors (Lipinski definition) is 2. The number of aryl methyl sites for hydroxylation is 2. The third-order valence-electron chi connectivity index (χ3n) is 4.16. The van der Waals surface area contributed by atoms with E-state index in [0.29, 0.717) is 6.54 Å². The molecule has 0 radical (unpaired) electrons. The molecule has 0 saturated heterocycles. The van der Waals surface area contributed by atoms with Crippen LogP contribution in [0.15, 0.2) is 4.52 Å². The number of rotatable bonds is 3. The van der Waals surface area contributed by atoms with Gasteiger partial charge in [-0.15, -0.1) is 0 Å². The maximum absolute atomic E-state index is 12.3. The van der Waals surface area contributed by atoms with Gasteiger partial charge in [0.1, 0.15) is 5.76 Å². The van der Waals surface area contributed by atoms with Gasteiger partial charge in [0.15, 0.2) is 0 Å². The lowest BCUT2D eigenvalue weighted by Gasteiger charge is -2.27. The Balaban J connectivity index is 2.01. The van der Waals surface area contributed by atoms with Gasteiger partial charge in [0.25, 0.3) is 0 Å². The van der Waals surface area contributed by atoms with E-state index in [1.54, 1.807) is 0 Å². The van der Waals surface area contributed by atoms with Crippen LogP contribution >= 0.6 is 0 Å². The number of hydrogen-bond acceptors (Lipinski definition) is 4. The smallest absolute Gasteiger partial charge is 0.227 e. The van der Waals surface area contributed by atoms with Crippen molar-refractivity contribution in [1.29, 1.82) is 0 Å². The fourth-order valence-electron chi connectivity index (χ4n) is 2.60. The van der Waals surface area contributed by atoms with Crippen LogP contribution in [0.3, 0.4) is 0 Å². The largest absolute Gasteiger partial charge is 0.361 e. The van der Waals surface area contributed by atoms with Crippen molar-refractivity contribution in [3.63, 3.8) is 0 Å². The van der Waals surface area contributed by atoms with Gasteiger partial charge < -0.3 is 15.6 Å². The second-order valence-electron chi connectivity index (χ2n) is 5.40. The third kappa shape index (κ3) is 2.14. The Bertz CT molecular complexity index is 436. The first-order valence-electron chi connectivity index (χ1n) is 6.41. The molecule has 1 aromatic heterocycles. The zero-order valence-corrected chi connectivity index (χ0v) is 11.2. The van der Waals surface area contributed by atoms with Crippen LogP contribution < -0.4 is 11.1 Å². The first kappa shape index (κ1) is 13.1. The number of carbonyl (C=O) groups excluding carboxylic acids is 1. The minimum absolute atomic E-state index is 0.0347. The lowest BCUT2D eigenvalue weighted by molar-refractivity contribution is -0.130. The second-order valence-corrected chi connectivity index (χ2v) is 5.40. The van der Waals surface area contributed by atoms with Gasteiger partial charge in [0.05, 0.1) is 11.1 Å². The number of nitrogens with one attached hydrogen (secondary N) is 1. The van der Waals surface area contributed by atoms with Gasteiger partial charge in [-0.05, 0) is 33.6 Å². The summed E-state index contributed by atoms with van der Waals surface area (Å²) in [5.74, 6) is 0.793. The number of nitrogens with zero attached hydrogens (tertiary/aromatic N) is 1. The highest BCUT2D eigenvalue weighted by Crippen LogP contribution is 2.36. The van der Waals surface area contributed by atoms with Crippen LogP contribution in [0.2, 0.25) is 0 Å². The zero-order valence-electron chi connectivity index (χ0n) is 11.2. The Labute approximate surface area is 107 Å². The van der Waals surface area contributed by atoms with Crippen molar-refractivity contribution in [3.05, 3.63) is 17.0 Å². The number of amides is 1. The molecule has 1 aliphatic carbocycles. The fourth-order valence-corrected chi connectivity index (χ4v) is 2.60. The highest BCUT2D eigenvalue weighted by atomic mass is 16.5. The minimum atomic E-state index is -0.432. The summed E-state index contributed by atoms with van der Waals surface area (Å²) >= 11 is 0. The van der Waals surface area contributed by atoms with E-state index in [2.05, 4.69) is 10.5 Å². The van der Waals surface area contributed by atoms with Gasteiger partial charge in [0.2, 0.25) is 5.91 Å². The van der Waals surface area contributed by atoms with Gasteiger partial charge in [-0.25, -0.2) is 0 Å². The van der Waals surface area contributed by atoms with Crippen molar-refractivity contribution in [2.45, 2.75) is 52.6 Å². The number of nitrogens with two attached hydrogens (primary N) is 1. The van der Waals surface area contributed by atoms with Crippen LogP contribution in [0.25, 0.3) is 0 Å². The highest BCUT2D eigenvalue weighted by molar-refractivity contribution is 5.83. The van der Waals surface area contributed by atoms with Gasteiger partial charge in [-0.3, -0.25) is 4.79 Å². The molecule has 2 unspecified atom stereocenters. The molecule has 2 rings (SSSR count). The summed E-state index contributed by atoms with van der Waals surface area (Å²) in [6.07, 6.45) is 2.81. The Morgan fingerprint density at radius 2 is 2.33 bits per heavy atom. The molecule has 5 nitrogen and oxygen atoms in total. The van der Waals surface area contributed by atoms with E-state index in [0.717, 1.165) is 36.3 Å². The fraction of sp³-hybridized carbons (Fsp3) is 0.692. The van der Waals surface area contributed by atoms with Crippen LogP contribution in [0, 0.1) is 19.3 Å². The number of aromatic nitrogens is 1. The molecular formula is C13H21N3O2. The van der Waals surface area contributed by atoms with E-state index in [4.69, 9.17) is 10.3 Å². The van der Waals surface area contributed by atoms with Gasteiger partial charge >= 0.3 is 0 Å². The summed E-state index contributed by atoms with van der Waals surface area (Å²) in [6, 6.07) is -0.0397. The van der Waals surface area contributed by atoms with Crippen LogP contribution in [0.5, 0.6) is 0 Å². The molecule has 0 aromatic carbocycles. The Morgan fingerprint density at radius 3 is 2.83 bits per heavy atom. The van der Waals surface area contributed by atoms with Crippen molar-refractivity contribution >= 4 is 5.91 Å². The minimum Gasteiger partial charge on any atom is -0.361 e. The molecule has 0 aliphatic heterocycles. The molecule has 1 amide bonds. The Kier molecular flexibility index (Phi) is 3.43. The van der Waals surface area contributed by atoms with Gasteiger partial charge in [-0.1, -0.05) is 11.6 Å². The summed E-state index contributed by atoms with van der Waals surface area (Å²) in [5, 5.41) is 6.83. The molecule has 100 valence electrons. The summed E-state index contributed by atoms with van der Waals surface area (Å²) in [7, 11) is 0. The predicted molar refractivity (Wildman–Crippen MR) is 67.8 cm³/mol. The van der Waals surface area contributed by atoms with E-state index in [1.807, 2.05) is 20.8 Å². The predicted octanol–water partition coefficient (Wildman–Crippen LogP) is 1.43. The van der Waals surface area contributed by atoms with Crippen LogP contribution in [0.1, 0.15) is 43.2 Å². The molecule has 1 saturated carbocycles. The van der Waals surface area contributed by atoms with Gasteiger partial charge in [0, 0.05) is 18.2 Å². The van der Waals surface area contributed by atoms with Crippen molar-refractivity contribution in [1.82, 2.24) is 10.5 Å². The molecule has 5 heteroatoms. The van der Waals surface area contributed by atoms with E-state index in [-0.39, 0.29) is 11.9 Å². The lowest BCUT2D eigenvalue weighted by Crippen LogP contribution is -2.47. The summed E-state index contributed by atoms with van der Waals surface area (Å²) in [4.78, 5) is 12.3. The van der Waals surface area contributed by atoms with Crippen LogP contribution in [-0.2, 0) is 11.3 Å². The SMILES string of the molecule is Cc1noc(C)c1CNC(=O)C1(C)CCCC1N. The Morgan fingerprint density at radius 1 is 1.61 bits per heavy atom. The summed E-state index contributed by atoms with van der Waals surface area (Å²) < 4.78 is 5.07. The molecule has 0 bridgehead atoms. The topological polar surface area (TPSA) is 81.2 Å².